The number of rotatable bonds is 8. The van der Waals surface area contributed by atoms with E-state index in [1.807, 2.05) is 25.4 Å². The van der Waals surface area contributed by atoms with Crippen LogP contribution in [0.15, 0.2) is 24.5 Å². The van der Waals surface area contributed by atoms with Crippen molar-refractivity contribution in [2.24, 2.45) is 0 Å². The van der Waals surface area contributed by atoms with Crippen LogP contribution in [0.3, 0.4) is 0 Å². The van der Waals surface area contributed by atoms with E-state index in [9.17, 15) is 4.39 Å². The molecular formula is C23H31FN6. The van der Waals surface area contributed by atoms with E-state index in [2.05, 4.69) is 34.0 Å². The van der Waals surface area contributed by atoms with E-state index in [0.717, 1.165) is 41.6 Å². The second kappa shape index (κ2) is 8.98. The molecule has 1 atom stereocenters. The number of fused-ring (bicyclic) bond motifs is 1. The van der Waals surface area contributed by atoms with Crippen LogP contribution in [0, 0.1) is 5.82 Å². The molecule has 6 nitrogen and oxygen atoms in total. The van der Waals surface area contributed by atoms with E-state index in [1.54, 1.807) is 6.07 Å². The molecule has 0 amide bonds. The molecule has 2 aromatic heterocycles. The second-order valence-corrected chi connectivity index (χ2v) is 8.24. The van der Waals surface area contributed by atoms with E-state index in [4.69, 9.17) is 9.97 Å². The van der Waals surface area contributed by atoms with Crippen molar-refractivity contribution in [1.82, 2.24) is 19.5 Å². The summed E-state index contributed by atoms with van der Waals surface area (Å²) in [6.07, 6.45) is 8.38. The number of hydrogen-bond donors (Lipinski definition) is 2. The maximum atomic E-state index is 14.2. The van der Waals surface area contributed by atoms with Gasteiger partial charge in [-0.1, -0.05) is 38.8 Å². The smallest absolute Gasteiger partial charge is 0.226 e. The summed E-state index contributed by atoms with van der Waals surface area (Å²) in [4.78, 5) is 14.1. The van der Waals surface area contributed by atoms with Crippen LogP contribution in [-0.2, 0) is 13.0 Å². The van der Waals surface area contributed by atoms with Gasteiger partial charge in [-0.25, -0.2) is 9.37 Å². The predicted molar refractivity (Wildman–Crippen MR) is 119 cm³/mol. The minimum atomic E-state index is -0.158. The second-order valence-electron chi connectivity index (χ2n) is 8.24. The lowest BCUT2D eigenvalue weighted by molar-refractivity contribution is 0.529. The summed E-state index contributed by atoms with van der Waals surface area (Å²) in [5.41, 5.74) is 3.24. The minimum Gasteiger partial charge on any atom is -0.364 e. The first-order valence-corrected chi connectivity index (χ1v) is 11.1. The number of aromatic nitrogens is 4. The summed E-state index contributed by atoms with van der Waals surface area (Å²) < 4.78 is 16.4. The molecule has 160 valence electrons. The number of hydrogen-bond acceptors (Lipinski definition) is 5. The average Bonchev–Trinajstić information content (AvgIpc) is 3.41. The molecule has 0 saturated heterocycles. The van der Waals surface area contributed by atoms with Crippen LogP contribution in [0.5, 0.6) is 0 Å². The fraction of sp³-hybridized carbons (Fsp3) is 0.522. The molecule has 4 rings (SSSR count). The Morgan fingerprint density at radius 1 is 1.20 bits per heavy atom. The zero-order valence-electron chi connectivity index (χ0n) is 18.1. The molecule has 1 fully saturated rings. The molecule has 0 radical (unpaired) electrons. The van der Waals surface area contributed by atoms with Gasteiger partial charge in [-0.05, 0) is 49.8 Å². The Kier molecular flexibility index (Phi) is 6.16. The van der Waals surface area contributed by atoms with Crippen molar-refractivity contribution in [2.45, 2.75) is 77.9 Å². The van der Waals surface area contributed by atoms with Gasteiger partial charge in [0.1, 0.15) is 5.82 Å². The topological polar surface area (TPSA) is 67.7 Å². The van der Waals surface area contributed by atoms with E-state index in [-0.39, 0.29) is 11.9 Å². The SMILES string of the molecule is CCc1ccc(CNc2nc(NC(C)CC)nc3c2ncn3C2CCCC2)cc1F. The summed E-state index contributed by atoms with van der Waals surface area (Å²) in [5.74, 6) is 1.13. The van der Waals surface area contributed by atoms with Gasteiger partial charge in [0.05, 0.1) is 6.33 Å². The zero-order valence-corrected chi connectivity index (χ0v) is 18.1. The largest absolute Gasteiger partial charge is 0.364 e. The lowest BCUT2D eigenvalue weighted by Gasteiger charge is -2.16. The summed E-state index contributed by atoms with van der Waals surface area (Å²) in [7, 11) is 0. The number of aryl methyl sites for hydroxylation is 1. The predicted octanol–water partition coefficient (Wildman–Crippen LogP) is 5.47. The van der Waals surface area contributed by atoms with Crippen molar-refractivity contribution >= 4 is 22.9 Å². The Bertz CT molecular complexity index is 1010. The fourth-order valence-electron chi connectivity index (χ4n) is 4.05. The normalized spacial score (nSPS) is 15.6. The first kappa shape index (κ1) is 20.6. The standard InChI is InChI=1S/C23H31FN6/c1-4-15(3)27-23-28-21(25-13-16-10-11-17(5-2)19(24)12-16)20-22(29-23)30(14-26-20)18-8-6-7-9-18/h10-12,14-15,18H,4-9,13H2,1-3H3,(H2,25,27,28,29). The molecule has 30 heavy (non-hydrogen) atoms. The van der Waals surface area contributed by atoms with E-state index < -0.39 is 0 Å². The summed E-state index contributed by atoms with van der Waals surface area (Å²) >= 11 is 0. The van der Waals surface area contributed by atoms with Crippen LogP contribution in [0.1, 0.15) is 70.0 Å². The monoisotopic (exact) mass is 410 g/mol. The molecule has 7 heteroatoms. The average molecular weight is 411 g/mol. The van der Waals surface area contributed by atoms with Gasteiger partial charge in [0.2, 0.25) is 5.95 Å². The van der Waals surface area contributed by atoms with E-state index in [1.165, 1.54) is 12.8 Å². The van der Waals surface area contributed by atoms with E-state index in [0.29, 0.717) is 30.8 Å². The molecule has 0 bridgehead atoms. The van der Waals surface area contributed by atoms with Gasteiger partial charge < -0.3 is 15.2 Å². The molecule has 3 aromatic rings. The lowest BCUT2D eigenvalue weighted by Crippen LogP contribution is -2.17. The van der Waals surface area contributed by atoms with Crippen LogP contribution in [-0.4, -0.2) is 25.6 Å². The number of imidazole rings is 1. The minimum absolute atomic E-state index is 0.158. The fourth-order valence-corrected chi connectivity index (χ4v) is 4.05. The van der Waals surface area contributed by atoms with Crippen molar-refractivity contribution in [1.29, 1.82) is 0 Å². The first-order valence-electron chi connectivity index (χ1n) is 11.1. The summed E-state index contributed by atoms with van der Waals surface area (Å²) in [6, 6.07) is 6.13. The molecule has 1 unspecified atom stereocenters. The van der Waals surface area contributed by atoms with Crippen molar-refractivity contribution in [3.8, 4) is 0 Å². The summed E-state index contributed by atoms with van der Waals surface area (Å²) in [6.45, 7) is 6.69. The van der Waals surface area contributed by atoms with Crippen LogP contribution in [0.2, 0.25) is 0 Å². The molecular weight excluding hydrogens is 379 g/mol. The molecule has 2 N–H and O–H groups in total. The highest BCUT2D eigenvalue weighted by atomic mass is 19.1. The third-order valence-corrected chi connectivity index (χ3v) is 6.09. The van der Waals surface area contributed by atoms with Gasteiger partial charge in [-0.3, -0.25) is 0 Å². The quantitative estimate of drug-likeness (QED) is 0.516. The maximum Gasteiger partial charge on any atom is 0.226 e. The van der Waals surface area contributed by atoms with Crippen LogP contribution >= 0.6 is 0 Å². The van der Waals surface area contributed by atoms with Gasteiger partial charge >= 0.3 is 0 Å². The summed E-state index contributed by atoms with van der Waals surface area (Å²) in [5, 5.41) is 6.76. The Balaban J connectivity index is 1.65. The third kappa shape index (κ3) is 4.25. The number of benzene rings is 1. The molecule has 0 spiro atoms. The molecule has 1 aromatic carbocycles. The highest BCUT2D eigenvalue weighted by Crippen LogP contribution is 2.33. The Morgan fingerprint density at radius 2 is 2.00 bits per heavy atom. The highest BCUT2D eigenvalue weighted by molar-refractivity contribution is 5.84. The Morgan fingerprint density at radius 3 is 2.70 bits per heavy atom. The molecule has 1 saturated carbocycles. The number of anilines is 2. The number of halogens is 1. The molecule has 2 heterocycles. The Labute approximate surface area is 177 Å². The third-order valence-electron chi connectivity index (χ3n) is 6.09. The van der Waals surface area contributed by atoms with Crippen molar-refractivity contribution in [2.75, 3.05) is 10.6 Å². The first-order chi connectivity index (χ1) is 14.6. The van der Waals surface area contributed by atoms with E-state index >= 15 is 0 Å². The van der Waals surface area contributed by atoms with Crippen molar-refractivity contribution in [3.05, 3.63) is 41.5 Å². The van der Waals surface area contributed by atoms with Crippen LogP contribution in [0.4, 0.5) is 16.2 Å². The Hall–Kier alpha value is -2.70. The highest BCUT2D eigenvalue weighted by Gasteiger charge is 2.22. The van der Waals surface area contributed by atoms with Gasteiger partial charge in [0.25, 0.3) is 0 Å². The number of nitrogens with one attached hydrogen (secondary N) is 2. The van der Waals surface area contributed by atoms with Crippen LogP contribution < -0.4 is 10.6 Å². The van der Waals surface area contributed by atoms with Crippen LogP contribution in [0.25, 0.3) is 11.2 Å². The van der Waals surface area contributed by atoms with Gasteiger partial charge in [-0.15, -0.1) is 0 Å². The number of nitrogens with zero attached hydrogens (tertiary/aromatic N) is 4. The molecule has 1 aliphatic carbocycles. The zero-order chi connectivity index (χ0) is 21.1. The van der Waals surface area contributed by atoms with Gasteiger partial charge in [-0.2, -0.15) is 9.97 Å². The molecule has 0 aliphatic heterocycles. The maximum absolute atomic E-state index is 14.2. The lowest BCUT2D eigenvalue weighted by atomic mass is 10.1. The van der Waals surface area contributed by atoms with Gasteiger partial charge in [0, 0.05) is 18.6 Å². The van der Waals surface area contributed by atoms with Gasteiger partial charge in [0.15, 0.2) is 17.0 Å². The van der Waals surface area contributed by atoms with Crippen molar-refractivity contribution < 1.29 is 4.39 Å². The molecule has 1 aliphatic rings. The van der Waals surface area contributed by atoms with Crippen molar-refractivity contribution in [3.63, 3.8) is 0 Å².